The maximum Gasteiger partial charge on any atom is 0.358 e. The summed E-state index contributed by atoms with van der Waals surface area (Å²) < 4.78 is 35.9. The van der Waals surface area contributed by atoms with Gasteiger partial charge >= 0.3 is 5.97 Å². The zero-order valence-electron chi connectivity index (χ0n) is 9.80. The van der Waals surface area contributed by atoms with Crippen LogP contribution in [0.4, 0.5) is 8.78 Å². The highest BCUT2D eigenvalue weighted by Crippen LogP contribution is 2.28. The fourth-order valence-electron chi connectivity index (χ4n) is 1.41. The van der Waals surface area contributed by atoms with Crippen LogP contribution in [-0.4, -0.2) is 19.7 Å². The number of nitrogens with two attached hydrogens (primary N) is 1. The van der Waals surface area contributed by atoms with E-state index in [0.717, 1.165) is 19.2 Å². The van der Waals surface area contributed by atoms with Gasteiger partial charge in [0, 0.05) is 12.2 Å². The summed E-state index contributed by atoms with van der Waals surface area (Å²) in [7, 11) is 1.10. The normalized spacial score (nSPS) is 14.1. The molecule has 18 heavy (non-hydrogen) atoms. The van der Waals surface area contributed by atoms with Crippen LogP contribution in [-0.2, 0) is 20.0 Å². The quantitative estimate of drug-likeness (QED) is 0.520. The molecule has 1 rings (SSSR count). The number of esters is 1. The molecule has 1 atom stereocenters. The summed E-state index contributed by atoms with van der Waals surface area (Å²) in [6, 6.07) is 1.76. The molecule has 0 aliphatic heterocycles. The lowest BCUT2D eigenvalue weighted by molar-refractivity contribution is -0.170. The maximum absolute atomic E-state index is 13.3. The van der Waals surface area contributed by atoms with Gasteiger partial charge in [-0.25, -0.2) is 13.6 Å². The monoisotopic (exact) mass is 279 g/mol. The number of benzene rings is 1. The highest BCUT2D eigenvalue weighted by atomic mass is 35.5. The molecule has 0 bridgehead atoms. The maximum atomic E-state index is 13.3. The summed E-state index contributed by atoms with van der Waals surface area (Å²) >= 11 is 5.49. The number of halogens is 3. The standard InChI is InChI=1S/C11H12ClF2NO3/c1-3-18-11(15,10(16)17-2)6-4-7(12)9(14)8(13)5-6/h4-5H,3,15H2,1-2H3. The van der Waals surface area contributed by atoms with Crippen LogP contribution in [0.25, 0.3) is 0 Å². The zero-order valence-corrected chi connectivity index (χ0v) is 10.6. The Morgan fingerprint density at radius 1 is 1.50 bits per heavy atom. The average Bonchev–Trinajstić information content (AvgIpc) is 2.34. The van der Waals surface area contributed by atoms with Crippen molar-refractivity contribution in [3.05, 3.63) is 34.4 Å². The molecule has 7 heteroatoms. The van der Waals surface area contributed by atoms with Gasteiger partial charge in [-0.05, 0) is 19.1 Å². The first-order chi connectivity index (χ1) is 8.36. The lowest BCUT2D eigenvalue weighted by atomic mass is 10.0. The third-order valence-electron chi connectivity index (χ3n) is 2.27. The minimum Gasteiger partial charge on any atom is -0.466 e. The minimum atomic E-state index is -2.03. The molecule has 2 N–H and O–H groups in total. The lowest BCUT2D eigenvalue weighted by Gasteiger charge is -2.26. The van der Waals surface area contributed by atoms with Gasteiger partial charge in [0.2, 0.25) is 5.72 Å². The number of hydrogen-bond donors (Lipinski definition) is 1. The molecule has 0 aromatic heterocycles. The second-order valence-corrected chi connectivity index (χ2v) is 3.82. The predicted molar refractivity (Wildman–Crippen MR) is 60.9 cm³/mol. The van der Waals surface area contributed by atoms with Crippen molar-refractivity contribution in [1.29, 1.82) is 0 Å². The number of carbonyl (C=O) groups is 1. The number of hydrogen-bond acceptors (Lipinski definition) is 4. The fraction of sp³-hybridized carbons (Fsp3) is 0.364. The Morgan fingerprint density at radius 3 is 2.56 bits per heavy atom. The van der Waals surface area contributed by atoms with Crippen molar-refractivity contribution in [3.63, 3.8) is 0 Å². The second-order valence-electron chi connectivity index (χ2n) is 3.41. The number of ether oxygens (including phenoxy) is 2. The summed E-state index contributed by atoms with van der Waals surface area (Å²) in [5.74, 6) is -3.38. The van der Waals surface area contributed by atoms with Gasteiger partial charge in [0.05, 0.1) is 12.1 Å². The molecule has 100 valence electrons. The number of methoxy groups -OCH3 is 1. The lowest BCUT2D eigenvalue weighted by Crippen LogP contribution is -2.48. The first-order valence-electron chi connectivity index (χ1n) is 5.03. The Labute approximate surface area is 108 Å². The van der Waals surface area contributed by atoms with E-state index >= 15 is 0 Å². The van der Waals surface area contributed by atoms with Crippen LogP contribution in [0.3, 0.4) is 0 Å². The van der Waals surface area contributed by atoms with Crippen molar-refractivity contribution in [3.8, 4) is 0 Å². The summed E-state index contributed by atoms with van der Waals surface area (Å²) in [6.45, 7) is 1.66. The van der Waals surface area contributed by atoms with Crippen LogP contribution >= 0.6 is 11.6 Å². The van der Waals surface area contributed by atoms with E-state index in [-0.39, 0.29) is 12.2 Å². The Balaban J connectivity index is 3.34. The fourth-order valence-corrected chi connectivity index (χ4v) is 1.62. The molecule has 1 unspecified atom stereocenters. The van der Waals surface area contributed by atoms with Crippen LogP contribution in [0.1, 0.15) is 12.5 Å². The molecule has 0 amide bonds. The average molecular weight is 280 g/mol. The van der Waals surface area contributed by atoms with Crippen molar-refractivity contribution in [2.24, 2.45) is 5.73 Å². The highest BCUT2D eigenvalue weighted by molar-refractivity contribution is 6.30. The third kappa shape index (κ3) is 2.60. The molecule has 0 heterocycles. The van der Waals surface area contributed by atoms with Gasteiger partial charge in [0.15, 0.2) is 11.6 Å². The molecule has 1 aromatic carbocycles. The smallest absolute Gasteiger partial charge is 0.358 e. The Kier molecular flexibility index (Phi) is 4.61. The largest absolute Gasteiger partial charge is 0.466 e. The van der Waals surface area contributed by atoms with Gasteiger partial charge < -0.3 is 9.47 Å². The first kappa shape index (κ1) is 14.8. The van der Waals surface area contributed by atoms with E-state index in [1.807, 2.05) is 0 Å². The molecule has 4 nitrogen and oxygen atoms in total. The van der Waals surface area contributed by atoms with E-state index in [1.165, 1.54) is 0 Å². The van der Waals surface area contributed by atoms with E-state index in [2.05, 4.69) is 4.74 Å². The highest BCUT2D eigenvalue weighted by Gasteiger charge is 2.39. The SMILES string of the molecule is CCOC(N)(C(=O)OC)c1cc(F)c(F)c(Cl)c1. The van der Waals surface area contributed by atoms with Gasteiger partial charge in [-0.1, -0.05) is 11.6 Å². The van der Waals surface area contributed by atoms with Crippen LogP contribution in [0, 0.1) is 11.6 Å². The van der Waals surface area contributed by atoms with Crippen molar-refractivity contribution in [1.82, 2.24) is 0 Å². The van der Waals surface area contributed by atoms with Crippen LogP contribution in [0.5, 0.6) is 0 Å². The summed E-state index contributed by atoms with van der Waals surface area (Å²) in [5, 5.41) is -0.497. The van der Waals surface area contributed by atoms with Crippen molar-refractivity contribution >= 4 is 17.6 Å². The topological polar surface area (TPSA) is 61.5 Å². The Hall–Kier alpha value is -1.24. The molecule has 0 spiro atoms. The van der Waals surface area contributed by atoms with E-state index in [9.17, 15) is 13.6 Å². The van der Waals surface area contributed by atoms with Crippen molar-refractivity contribution in [2.45, 2.75) is 12.6 Å². The van der Waals surface area contributed by atoms with Crippen molar-refractivity contribution in [2.75, 3.05) is 13.7 Å². The molecule has 0 radical (unpaired) electrons. The van der Waals surface area contributed by atoms with Gasteiger partial charge in [-0.15, -0.1) is 0 Å². The first-order valence-corrected chi connectivity index (χ1v) is 5.40. The second kappa shape index (κ2) is 5.60. The third-order valence-corrected chi connectivity index (χ3v) is 2.55. The number of carbonyl (C=O) groups excluding carboxylic acids is 1. The van der Waals surface area contributed by atoms with Gasteiger partial charge in [0.25, 0.3) is 0 Å². The molecular weight excluding hydrogens is 268 g/mol. The van der Waals surface area contributed by atoms with Gasteiger partial charge in [0.1, 0.15) is 0 Å². The molecule has 0 saturated heterocycles. The molecule has 0 aliphatic carbocycles. The Bertz CT molecular complexity index is 447. The van der Waals surface area contributed by atoms with Crippen LogP contribution in [0.15, 0.2) is 12.1 Å². The van der Waals surface area contributed by atoms with E-state index < -0.39 is 28.4 Å². The van der Waals surface area contributed by atoms with E-state index in [4.69, 9.17) is 22.1 Å². The molecule has 1 aromatic rings. The van der Waals surface area contributed by atoms with E-state index in [0.29, 0.717) is 0 Å². The molecule has 0 fully saturated rings. The van der Waals surface area contributed by atoms with Crippen LogP contribution < -0.4 is 5.73 Å². The Morgan fingerprint density at radius 2 is 2.11 bits per heavy atom. The minimum absolute atomic E-state index is 0.0716. The molecule has 0 saturated carbocycles. The molecule has 0 aliphatic rings. The summed E-state index contributed by atoms with van der Waals surface area (Å²) in [5.41, 5.74) is 3.58. The predicted octanol–water partition coefficient (Wildman–Crippen LogP) is 1.94. The zero-order chi connectivity index (χ0) is 13.9. The summed E-state index contributed by atoms with van der Waals surface area (Å²) in [6.07, 6.45) is 0. The van der Waals surface area contributed by atoms with Gasteiger partial charge in [-0.3, -0.25) is 5.73 Å². The summed E-state index contributed by atoms with van der Waals surface area (Å²) in [4.78, 5) is 11.6. The van der Waals surface area contributed by atoms with Gasteiger partial charge in [-0.2, -0.15) is 0 Å². The van der Waals surface area contributed by atoms with Crippen molar-refractivity contribution < 1.29 is 23.0 Å². The van der Waals surface area contributed by atoms with Crippen LogP contribution in [0.2, 0.25) is 5.02 Å². The van der Waals surface area contributed by atoms with E-state index in [1.54, 1.807) is 6.92 Å². The number of rotatable bonds is 4. The molecular formula is C11H12ClF2NO3.